The number of nitrogens with one attached hydrogen (secondary N) is 1. The summed E-state index contributed by atoms with van der Waals surface area (Å²) in [6.45, 7) is 1.91. The summed E-state index contributed by atoms with van der Waals surface area (Å²) in [5, 5.41) is 11.7. The maximum absolute atomic E-state index is 12.1. The quantitative estimate of drug-likeness (QED) is 0.768. The molecule has 4 heteroatoms. The fraction of sp³-hybridized carbons (Fsp3) is 0.846. The molecule has 1 amide bonds. The van der Waals surface area contributed by atoms with Crippen LogP contribution >= 0.6 is 0 Å². The van der Waals surface area contributed by atoms with E-state index in [9.17, 15) is 9.59 Å². The highest BCUT2D eigenvalue weighted by molar-refractivity contribution is 5.80. The highest BCUT2D eigenvalue weighted by Gasteiger charge is 2.43. The van der Waals surface area contributed by atoms with Crippen molar-refractivity contribution in [1.29, 1.82) is 0 Å². The number of carbonyl (C=O) groups is 2. The Morgan fingerprint density at radius 2 is 2.12 bits per heavy atom. The monoisotopic (exact) mass is 239 g/mol. The van der Waals surface area contributed by atoms with Crippen LogP contribution in [0.2, 0.25) is 0 Å². The minimum absolute atomic E-state index is 0.0308. The summed E-state index contributed by atoms with van der Waals surface area (Å²) >= 11 is 0. The maximum Gasteiger partial charge on any atom is 0.305 e. The van der Waals surface area contributed by atoms with Crippen LogP contribution in [0.4, 0.5) is 0 Å². The molecule has 0 saturated heterocycles. The van der Waals surface area contributed by atoms with Crippen LogP contribution in [-0.2, 0) is 9.59 Å². The molecule has 96 valence electrons. The molecule has 4 atom stereocenters. The Morgan fingerprint density at radius 3 is 2.59 bits per heavy atom. The first-order valence-corrected chi connectivity index (χ1v) is 6.62. The van der Waals surface area contributed by atoms with Gasteiger partial charge in [-0.25, -0.2) is 0 Å². The lowest BCUT2D eigenvalue weighted by molar-refractivity contribution is -0.138. The van der Waals surface area contributed by atoms with Gasteiger partial charge in [0, 0.05) is 12.0 Å². The van der Waals surface area contributed by atoms with Crippen LogP contribution in [0.25, 0.3) is 0 Å². The smallest absolute Gasteiger partial charge is 0.305 e. The number of amides is 1. The van der Waals surface area contributed by atoms with E-state index in [0.29, 0.717) is 12.3 Å². The van der Waals surface area contributed by atoms with Gasteiger partial charge in [-0.2, -0.15) is 0 Å². The van der Waals surface area contributed by atoms with Crippen molar-refractivity contribution in [2.75, 3.05) is 0 Å². The third-order valence-electron chi connectivity index (χ3n) is 4.34. The van der Waals surface area contributed by atoms with Gasteiger partial charge in [0.1, 0.15) is 0 Å². The molecule has 2 saturated carbocycles. The Morgan fingerprint density at radius 1 is 1.35 bits per heavy atom. The number of rotatable bonds is 5. The highest BCUT2D eigenvalue weighted by Crippen LogP contribution is 2.48. The first-order chi connectivity index (χ1) is 8.10. The van der Waals surface area contributed by atoms with Crippen LogP contribution in [0.1, 0.15) is 45.4 Å². The molecule has 2 bridgehead atoms. The van der Waals surface area contributed by atoms with Gasteiger partial charge >= 0.3 is 5.97 Å². The van der Waals surface area contributed by atoms with Gasteiger partial charge in [0.2, 0.25) is 5.91 Å². The van der Waals surface area contributed by atoms with E-state index in [4.69, 9.17) is 5.11 Å². The van der Waals surface area contributed by atoms with Gasteiger partial charge in [-0.1, -0.05) is 13.3 Å². The average Bonchev–Trinajstić information content (AvgIpc) is 2.88. The van der Waals surface area contributed by atoms with E-state index in [0.717, 1.165) is 12.3 Å². The first kappa shape index (κ1) is 12.4. The van der Waals surface area contributed by atoms with Crippen molar-refractivity contribution in [1.82, 2.24) is 5.32 Å². The third kappa shape index (κ3) is 2.79. The molecule has 4 unspecified atom stereocenters. The Labute approximate surface area is 102 Å². The SMILES string of the molecule is CCC(CC(=O)O)NC(=O)C1CC2CCC1C2. The van der Waals surface area contributed by atoms with Gasteiger partial charge in [0.05, 0.1) is 6.42 Å². The molecule has 0 aromatic heterocycles. The van der Waals surface area contributed by atoms with E-state index in [2.05, 4.69) is 5.32 Å². The zero-order valence-electron chi connectivity index (χ0n) is 10.3. The lowest BCUT2D eigenvalue weighted by Gasteiger charge is -2.23. The molecular weight excluding hydrogens is 218 g/mol. The van der Waals surface area contributed by atoms with Gasteiger partial charge in [0.25, 0.3) is 0 Å². The van der Waals surface area contributed by atoms with Crippen LogP contribution in [0.15, 0.2) is 0 Å². The molecule has 0 aliphatic heterocycles. The van der Waals surface area contributed by atoms with E-state index in [1.165, 1.54) is 19.3 Å². The van der Waals surface area contributed by atoms with Crippen molar-refractivity contribution in [3.05, 3.63) is 0 Å². The Bertz CT molecular complexity index is 316. The lowest BCUT2D eigenvalue weighted by Crippen LogP contribution is -2.41. The standard InChI is InChI=1S/C13H21NO3/c1-2-10(7-12(15)16)14-13(17)11-6-8-3-4-9(11)5-8/h8-11H,2-7H2,1H3,(H,14,17)(H,15,16). The van der Waals surface area contributed by atoms with E-state index in [1.807, 2.05) is 6.92 Å². The minimum Gasteiger partial charge on any atom is -0.481 e. The van der Waals surface area contributed by atoms with Gasteiger partial charge in [-0.15, -0.1) is 0 Å². The van der Waals surface area contributed by atoms with Gasteiger partial charge < -0.3 is 10.4 Å². The molecular formula is C13H21NO3. The van der Waals surface area contributed by atoms with Gasteiger partial charge in [0.15, 0.2) is 0 Å². The molecule has 0 spiro atoms. The summed E-state index contributed by atoms with van der Waals surface area (Å²) in [7, 11) is 0. The van der Waals surface area contributed by atoms with Crippen molar-refractivity contribution in [3.63, 3.8) is 0 Å². The molecule has 0 aromatic carbocycles. The van der Waals surface area contributed by atoms with E-state index >= 15 is 0 Å². The molecule has 2 aliphatic carbocycles. The fourth-order valence-electron chi connectivity index (χ4n) is 3.38. The zero-order chi connectivity index (χ0) is 12.4. The number of fused-ring (bicyclic) bond motifs is 2. The molecule has 0 heterocycles. The number of carboxylic acid groups (broad SMARTS) is 1. The maximum atomic E-state index is 12.1. The van der Waals surface area contributed by atoms with E-state index < -0.39 is 5.97 Å². The normalized spacial score (nSPS) is 32.4. The van der Waals surface area contributed by atoms with Crippen LogP contribution < -0.4 is 5.32 Å². The molecule has 2 aliphatic rings. The lowest BCUT2D eigenvalue weighted by atomic mass is 9.88. The third-order valence-corrected chi connectivity index (χ3v) is 4.34. The van der Waals surface area contributed by atoms with Crippen molar-refractivity contribution in [2.45, 2.75) is 51.5 Å². The highest BCUT2D eigenvalue weighted by atomic mass is 16.4. The van der Waals surface area contributed by atoms with E-state index in [1.54, 1.807) is 0 Å². The summed E-state index contributed by atoms with van der Waals surface area (Å²) in [5.41, 5.74) is 0. The molecule has 2 rings (SSSR count). The molecule has 0 radical (unpaired) electrons. The van der Waals surface area contributed by atoms with Crippen LogP contribution in [-0.4, -0.2) is 23.0 Å². The fourth-order valence-corrected chi connectivity index (χ4v) is 3.38. The topological polar surface area (TPSA) is 66.4 Å². The Balaban J connectivity index is 1.85. The van der Waals surface area contributed by atoms with Gasteiger partial charge in [-0.3, -0.25) is 9.59 Å². The molecule has 17 heavy (non-hydrogen) atoms. The van der Waals surface area contributed by atoms with Crippen LogP contribution in [0, 0.1) is 17.8 Å². The minimum atomic E-state index is -0.843. The molecule has 0 aromatic rings. The predicted molar refractivity (Wildman–Crippen MR) is 63.4 cm³/mol. The van der Waals surface area contributed by atoms with Crippen molar-refractivity contribution in [3.8, 4) is 0 Å². The summed E-state index contributed by atoms with van der Waals surface area (Å²) in [4.78, 5) is 22.7. The number of aliphatic carboxylic acids is 1. The number of carbonyl (C=O) groups excluding carboxylic acids is 1. The summed E-state index contributed by atoms with van der Waals surface area (Å²) in [5.74, 6) is 0.699. The second-order valence-electron chi connectivity index (χ2n) is 5.49. The average molecular weight is 239 g/mol. The summed E-state index contributed by atoms with van der Waals surface area (Å²) in [6.07, 6.45) is 5.38. The first-order valence-electron chi connectivity index (χ1n) is 6.62. The van der Waals surface area contributed by atoms with E-state index in [-0.39, 0.29) is 24.3 Å². The largest absolute Gasteiger partial charge is 0.481 e. The number of hydrogen-bond donors (Lipinski definition) is 2. The Hall–Kier alpha value is -1.06. The number of carboxylic acids is 1. The second kappa shape index (κ2) is 5.07. The van der Waals surface area contributed by atoms with Gasteiger partial charge in [-0.05, 0) is 37.5 Å². The molecule has 2 fully saturated rings. The van der Waals surface area contributed by atoms with Crippen molar-refractivity contribution < 1.29 is 14.7 Å². The number of hydrogen-bond acceptors (Lipinski definition) is 2. The van der Waals surface area contributed by atoms with Crippen molar-refractivity contribution >= 4 is 11.9 Å². The molecule has 4 nitrogen and oxygen atoms in total. The Kier molecular flexibility index (Phi) is 3.69. The summed E-state index contributed by atoms with van der Waals surface area (Å²) in [6, 6.07) is -0.209. The predicted octanol–water partition coefficient (Wildman–Crippen LogP) is 1.79. The zero-order valence-corrected chi connectivity index (χ0v) is 10.3. The van der Waals surface area contributed by atoms with Crippen molar-refractivity contribution in [2.24, 2.45) is 17.8 Å². The molecule has 2 N–H and O–H groups in total. The summed E-state index contributed by atoms with van der Waals surface area (Å²) < 4.78 is 0. The van der Waals surface area contributed by atoms with Crippen LogP contribution in [0.5, 0.6) is 0 Å². The second-order valence-corrected chi connectivity index (χ2v) is 5.49. The van der Waals surface area contributed by atoms with Crippen LogP contribution in [0.3, 0.4) is 0 Å².